The van der Waals surface area contributed by atoms with Crippen LogP contribution >= 0.6 is 0 Å². The minimum atomic E-state index is -0.421. The number of aryl methyl sites for hydroxylation is 1. The van der Waals surface area contributed by atoms with Gasteiger partial charge in [0.25, 0.3) is 0 Å². The highest BCUT2D eigenvalue weighted by atomic mass is 16.4. The number of oxazole rings is 1. The van der Waals surface area contributed by atoms with Crippen LogP contribution in [0.3, 0.4) is 0 Å². The molecule has 1 aromatic heterocycles. The fraction of sp³-hybridized carbons (Fsp3) is 0.200. The first-order valence-corrected chi connectivity index (χ1v) is 4.69. The molecular formula is C10H11N3O3. The lowest BCUT2D eigenvalue weighted by Gasteiger charge is -1.99. The third-order valence-electron chi connectivity index (χ3n) is 2.38. The molecule has 2 rings (SSSR count). The Hall–Kier alpha value is -2.08. The van der Waals surface area contributed by atoms with Gasteiger partial charge in [-0.1, -0.05) is 6.07 Å². The average molecular weight is 221 g/mol. The van der Waals surface area contributed by atoms with Crippen LogP contribution in [0, 0.1) is 0 Å². The van der Waals surface area contributed by atoms with Crippen molar-refractivity contribution < 1.29 is 9.21 Å². The van der Waals surface area contributed by atoms with Crippen molar-refractivity contribution in [2.45, 2.75) is 6.42 Å². The van der Waals surface area contributed by atoms with Crippen LogP contribution in [0.4, 0.5) is 0 Å². The summed E-state index contributed by atoms with van der Waals surface area (Å²) in [5.74, 6) is 4.27. The molecule has 84 valence electrons. The Morgan fingerprint density at radius 3 is 3.00 bits per heavy atom. The molecule has 1 heterocycles. The van der Waals surface area contributed by atoms with Crippen molar-refractivity contribution in [2.75, 3.05) is 0 Å². The fourth-order valence-electron chi connectivity index (χ4n) is 1.52. The lowest BCUT2D eigenvalue weighted by molar-refractivity contribution is -0.120. The number of nitrogens with one attached hydrogen (secondary N) is 1. The molecule has 1 aromatic carbocycles. The van der Waals surface area contributed by atoms with Crippen LogP contribution in [0.2, 0.25) is 0 Å². The maximum atomic E-state index is 11.2. The first-order valence-electron chi connectivity index (χ1n) is 4.69. The Bertz CT molecular complexity index is 597. The van der Waals surface area contributed by atoms with Gasteiger partial charge in [-0.25, -0.2) is 10.6 Å². The summed E-state index contributed by atoms with van der Waals surface area (Å²) >= 11 is 0. The van der Waals surface area contributed by atoms with Crippen LogP contribution in [-0.2, 0) is 18.3 Å². The van der Waals surface area contributed by atoms with Crippen molar-refractivity contribution >= 4 is 17.0 Å². The molecule has 6 nitrogen and oxygen atoms in total. The zero-order chi connectivity index (χ0) is 11.7. The second-order valence-electron chi connectivity index (χ2n) is 3.47. The van der Waals surface area contributed by atoms with Gasteiger partial charge in [0.1, 0.15) is 0 Å². The minimum Gasteiger partial charge on any atom is -0.408 e. The lowest BCUT2D eigenvalue weighted by Crippen LogP contribution is -2.31. The average Bonchev–Trinajstić information content (AvgIpc) is 2.54. The summed E-state index contributed by atoms with van der Waals surface area (Å²) < 4.78 is 6.40. The highest BCUT2D eigenvalue weighted by molar-refractivity contribution is 5.80. The van der Waals surface area contributed by atoms with E-state index in [1.807, 2.05) is 5.43 Å². The fourth-order valence-corrected chi connectivity index (χ4v) is 1.52. The number of nitrogens with two attached hydrogens (primary N) is 1. The number of amides is 1. The van der Waals surface area contributed by atoms with Gasteiger partial charge in [-0.15, -0.1) is 0 Å². The number of rotatable bonds is 2. The summed E-state index contributed by atoms with van der Waals surface area (Å²) in [4.78, 5) is 22.3. The third-order valence-corrected chi connectivity index (χ3v) is 2.38. The molecular weight excluding hydrogens is 210 g/mol. The molecule has 0 radical (unpaired) electrons. The van der Waals surface area contributed by atoms with Gasteiger partial charge < -0.3 is 4.42 Å². The smallest absolute Gasteiger partial charge is 0.408 e. The van der Waals surface area contributed by atoms with Crippen molar-refractivity contribution in [2.24, 2.45) is 12.9 Å². The third kappa shape index (κ3) is 1.70. The Morgan fingerprint density at radius 2 is 2.31 bits per heavy atom. The van der Waals surface area contributed by atoms with E-state index in [0.29, 0.717) is 11.1 Å². The van der Waals surface area contributed by atoms with Crippen LogP contribution in [0.1, 0.15) is 5.56 Å². The molecule has 16 heavy (non-hydrogen) atoms. The minimum absolute atomic E-state index is 0.158. The molecule has 1 amide bonds. The van der Waals surface area contributed by atoms with Gasteiger partial charge in [0.15, 0.2) is 5.58 Å². The van der Waals surface area contributed by atoms with E-state index in [-0.39, 0.29) is 12.3 Å². The van der Waals surface area contributed by atoms with E-state index < -0.39 is 5.76 Å². The Labute approximate surface area is 90.6 Å². The number of hydrogen-bond donors (Lipinski definition) is 2. The molecule has 0 atom stereocenters. The standard InChI is InChI=1S/C10H11N3O3/c1-13-7-3-2-6(5-9(14)12-11)4-8(7)16-10(13)15/h2-4H,5,11H2,1H3,(H,12,14). The predicted octanol–water partition coefficient (Wildman–Crippen LogP) is -0.336. The Kier molecular flexibility index (Phi) is 2.49. The largest absolute Gasteiger partial charge is 0.419 e. The van der Waals surface area contributed by atoms with E-state index in [1.165, 1.54) is 4.57 Å². The zero-order valence-corrected chi connectivity index (χ0v) is 8.69. The molecule has 0 unspecified atom stereocenters. The SMILES string of the molecule is Cn1c(=O)oc2cc(CC(=O)NN)ccc21. The molecule has 0 fully saturated rings. The molecule has 0 aliphatic rings. The number of hydrazine groups is 1. The molecule has 0 bridgehead atoms. The number of carbonyl (C=O) groups excluding carboxylic acids is 1. The van der Waals surface area contributed by atoms with Crippen molar-refractivity contribution in [3.63, 3.8) is 0 Å². The summed E-state index contributed by atoms with van der Waals surface area (Å²) in [6.45, 7) is 0. The number of benzene rings is 1. The molecule has 6 heteroatoms. The molecule has 0 spiro atoms. The van der Waals surface area contributed by atoms with Crippen LogP contribution < -0.4 is 17.0 Å². The van der Waals surface area contributed by atoms with Crippen LogP contribution in [-0.4, -0.2) is 10.5 Å². The maximum absolute atomic E-state index is 11.2. The van der Waals surface area contributed by atoms with Gasteiger partial charge in [-0.05, 0) is 17.7 Å². The monoisotopic (exact) mass is 221 g/mol. The molecule has 2 aromatic rings. The number of hydrogen-bond acceptors (Lipinski definition) is 4. The van der Waals surface area contributed by atoms with Crippen molar-refractivity contribution in [1.29, 1.82) is 0 Å². The van der Waals surface area contributed by atoms with Gasteiger partial charge in [0.05, 0.1) is 11.9 Å². The van der Waals surface area contributed by atoms with E-state index in [9.17, 15) is 9.59 Å². The van der Waals surface area contributed by atoms with E-state index in [0.717, 1.165) is 5.56 Å². The van der Waals surface area contributed by atoms with Gasteiger partial charge >= 0.3 is 5.76 Å². The van der Waals surface area contributed by atoms with Crippen LogP contribution in [0.5, 0.6) is 0 Å². The normalized spacial score (nSPS) is 10.6. The molecule has 0 saturated carbocycles. The first kappa shape index (κ1) is 10.4. The van der Waals surface area contributed by atoms with Crippen LogP contribution in [0.25, 0.3) is 11.1 Å². The van der Waals surface area contributed by atoms with E-state index in [1.54, 1.807) is 25.2 Å². The van der Waals surface area contributed by atoms with Crippen molar-refractivity contribution in [1.82, 2.24) is 9.99 Å². The summed E-state index contributed by atoms with van der Waals surface area (Å²) in [5, 5.41) is 0. The zero-order valence-electron chi connectivity index (χ0n) is 8.69. The van der Waals surface area contributed by atoms with Gasteiger partial charge in [0.2, 0.25) is 5.91 Å². The van der Waals surface area contributed by atoms with Crippen LogP contribution in [0.15, 0.2) is 27.4 Å². The quantitative estimate of drug-likeness (QED) is 0.412. The second kappa shape index (κ2) is 3.82. The summed E-state index contributed by atoms with van der Waals surface area (Å²) in [6, 6.07) is 5.15. The summed E-state index contributed by atoms with van der Waals surface area (Å²) in [6.07, 6.45) is 0.158. The summed E-state index contributed by atoms with van der Waals surface area (Å²) in [7, 11) is 1.63. The topological polar surface area (TPSA) is 90.3 Å². The van der Waals surface area contributed by atoms with E-state index >= 15 is 0 Å². The number of aromatic nitrogens is 1. The predicted molar refractivity (Wildman–Crippen MR) is 57.5 cm³/mol. The lowest BCUT2D eigenvalue weighted by atomic mass is 10.1. The Morgan fingerprint density at radius 1 is 1.56 bits per heavy atom. The van der Waals surface area contributed by atoms with Gasteiger partial charge in [-0.3, -0.25) is 14.8 Å². The highest BCUT2D eigenvalue weighted by Gasteiger charge is 2.08. The number of nitrogens with zero attached hydrogens (tertiary/aromatic N) is 1. The molecule has 3 N–H and O–H groups in total. The second-order valence-corrected chi connectivity index (χ2v) is 3.47. The van der Waals surface area contributed by atoms with Gasteiger partial charge in [0, 0.05) is 7.05 Å². The molecule has 0 aliphatic carbocycles. The molecule has 0 aliphatic heterocycles. The molecule has 0 saturated heterocycles. The highest BCUT2D eigenvalue weighted by Crippen LogP contribution is 2.14. The summed E-state index contributed by atoms with van der Waals surface area (Å²) in [5.41, 5.74) is 3.95. The first-order chi connectivity index (χ1) is 7.61. The van der Waals surface area contributed by atoms with E-state index in [4.69, 9.17) is 10.3 Å². The number of fused-ring (bicyclic) bond motifs is 1. The maximum Gasteiger partial charge on any atom is 0.419 e. The van der Waals surface area contributed by atoms with Crippen molar-refractivity contribution in [3.05, 3.63) is 34.3 Å². The van der Waals surface area contributed by atoms with Gasteiger partial charge in [-0.2, -0.15) is 0 Å². The number of carbonyl (C=O) groups is 1. The van der Waals surface area contributed by atoms with Crippen molar-refractivity contribution in [3.8, 4) is 0 Å². The van der Waals surface area contributed by atoms with E-state index in [2.05, 4.69) is 0 Å². The Balaban J connectivity index is 2.45.